The smallest absolute Gasteiger partial charge is 0.136 e. The molecule has 1 aromatic rings. The Balaban J connectivity index is 2.68. The van der Waals surface area contributed by atoms with Gasteiger partial charge < -0.3 is 19.6 Å². The summed E-state index contributed by atoms with van der Waals surface area (Å²) < 4.78 is 17.4. The number of ether oxygens (including phenoxy) is 2. The zero-order valence-corrected chi connectivity index (χ0v) is 13.9. The van der Waals surface area contributed by atoms with Crippen LogP contribution >= 0.6 is 15.9 Å². The van der Waals surface area contributed by atoms with E-state index in [0.717, 1.165) is 36.5 Å². The van der Waals surface area contributed by atoms with Crippen LogP contribution in [0, 0.1) is 0 Å². The van der Waals surface area contributed by atoms with Crippen LogP contribution in [0.1, 0.15) is 25.6 Å². The second kappa shape index (κ2) is 10.3. The molecular formula is C14H25BrN2O3. The molecule has 1 heterocycles. The SMILES string of the molecule is CCOCCN(CCOCC)C(CN)c1occc1Br. The second-order valence-corrected chi connectivity index (χ2v) is 5.17. The van der Waals surface area contributed by atoms with Gasteiger partial charge in [0.2, 0.25) is 0 Å². The van der Waals surface area contributed by atoms with E-state index in [2.05, 4.69) is 20.8 Å². The molecule has 0 spiro atoms. The van der Waals surface area contributed by atoms with Crippen molar-refractivity contribution in [3.8, 4) is 0 Å². The minimum Gasteiger partial charge on any atom is -0.466 e. The van der Waals surface area contributed by atoms with Crippen molar-refractivity contribution in [1.82, 2.24) is 4.90 Å². The van der Waals surface area contributed by atoms with E-state index in [1.165, 1.54) is 0 Å². The molecule has 0 radical (unpaired) electrons. The molecule has 1 aromatic heterocycles. The summed E-state index contributed by atoms with van der Waals surface area (Å²) in [5.74, 6) is 0.862. The molecule has 6 heteroatoms. The highest BCUT2D eigenvalue weighted by atomic mass is 79.9. The van der Waals surface area contributed by atoms with Crippen molar-refractivity contribution < 1.29 is 13.9 Å². The minimum atomic E-state index is 0.0280. The largest absolute Gasteiger partial charge is 0.466 e. The molecule has 1 rings (SSSR count). The molecule has 2 N–H and O–H groups in total. The van der Waals surface area contributed by atoms with E-state index >= 15 is 0 Å². The Morgan fingerprint density at radius 1 is 1.25 bits per heavy atom. The standard InChI is InChI=1S/C14H25BrN2O3/c1-3-18-9-6-17(7-10-19-4-2)13(11-16)14-12(15)5-8-20-14/h5,8,13H,3-4,6-7,9-11,16H2,1-2H3. The summed E-state index contributed by atoms with van der Waals surface area (Å²) in [7, 11) is 0. The summed E-state index contributed by atoms with van der Waals surface area (Å²) >= 11 is 3.50. The van der Waals surface area contributed by atoms with E-state index in [1.54, 1.807) is 6.26 Å². The summed E-state index contributed by atoms with van der Waals surface area (Å²) in [5.41, 5.74) is 5.94. The third-order valence-corrected chi connectivity index (χ3v) is 3.72. The monoisotopic (exact) mass is 348 g/mol. The predicted molar refractivity (Wildman–Crippen MR) is 82.8 cm³/mol. The van der Waals surface area contributed by atoms with Crippen LogP contribution in [0.25, 0.3) is 0 Å². The van der Waals surface area contributed by atoms with E-state index in [1.807, 2.05) is 19.9 Å². The van der Waals surface area contributed by atoms with Crippen LogP contribution in [0.2, 0.25) is 0 Å². The van der Waals surface area contributed by atoms with Gasteiger partial charge in [-0.3, -0.25) is 4.90 Å². The van der Waals surface area contributed by atoms with Crippen LogP contribution in [0.4, 0.5) is 0 Å². The summed E-state index contributed by atoms with van der Waals surface area (Å²) in [5, 5.41) is 0. The van der Waals surface area contributed by atoms with Gasteiger partial charge in [0.1, 0.15) is 5.76 Å². The van der Waals surface area contributed by atoms with Gasteiger partial charge in [0.05, 0.1) is 30.0 Å². The fourth-order valence-corrected chi connectivity index (χ4v) is 2.51. The van der Waals surface area contributed by atoms with Crippen LogP contribution < -0.4 is 5.73 Å². The lowest BCUT2D eigenvalue weighted by Gasteiger charge is -2.29. The summed E-state index contributed by atoms with van der Waals surface area (Å²) in [4.78, 5) is 2.24. The summed E-state index contributed by atoms with van der Waals surface area (Å²) in [6, 6.07) is 1.92. The van der Waals surface area contributed by atoms with Gasteiger partial charge in [-0.05, 0) is 35.8 Å². The van der Waals surface area contributed by atoms with Gasteiger partial charge in [0.15, 0.2) is 0 Å². The molecule has 0 aliphatic rings. The van der Waals surface area contributed by atoms with Crippen molar-refractivity contribution in [2.24, 2.45) is 5.73 Å². The second-order valence-electron chi connectivity index (χ2n) is 4.31. The highest BCUT2D eigenvalue weighted by Crippen LogP contribution is 2.28. The van der Waals surface area contributed by atoms with Gasteiger partial charge in [-0.15, -0.1) is 0 Å². The third-order valence-electron chi connectivity index (χ3n) is 3.07. The Labute approximate surface area is 129 Å². The molecule has 0 fully saturated rings. The molecule has 0 bridgehead atoms. The number of rotatable bonds is 11. The van der Waals surface area contributed by atoms with E-state index < -0.39 is 0 Å². The molecule has 0 aliphatic heterocycles. The average molecular weight is 349 g/mol. The molecule has 1 unspecified atom stereocenters. The predicted octanol–water partition coefficient (Wildman–Crippen LogP) is 2.42. The van der Waals surface area contributed by atoms with Crippen LogP contribution in [0.15, 0.2) is 21.2 Å². The van der Waals surface area contributed by atoms with Crippen LogP contribution in [0.3, 0.4) is 0 Å². The lowest BCUT2D eigenvalue weighted by molar-refractivity contribution is 0.0589. The van der Waals surface area contributed by atoms with Crippen molar-refractivity contribution in [2.75, 3.05) is 46.1 Å². The number of nitrogens with zero attached hydrogens (tertiary/aromatic N) is 1. The van der Waals surface area contributed by atoms with E-state index in [0.29, 0.717) is 19.8 Å². The van der Waals surface area contributed by atoms with Crippen LogP contribution in [-0.4, -0.2) is 51.0 Å². The fourth-order valence-electron chi connectivity index (χ4n) is 2.04. The number of furan rings is 1. The Kier molecular flexibility index (Phi) is 9.13. The van der Waals surface area contributed by atoms with Crippen molar-refractivity contribution in [1.29, 1.82) is 0 Å². The molecular weight excluding hydrogens is 324 g/mol. The van der Waals surface area contributed by atoms with Gasteiger partial charge in [-0.2, -0.15) is 0 Å². The number of hydrogen-bond donors (Lipinski definition) is 1. The van der Waals surface area contributed by atoms with Crippen molar-refractivity contribution in [3.05, 3.63) is 22.6 Å². The first kappa shape index (κ1) is 17.7. The van der Waals surface area contributed by atoms with Crippen LogP contribution in [-0.2, 0) is 9.47 Å². The highest BCUT2D eigenvalue weighted by molar-refractivity contribution is 9.10. The first-order chi connectivity index (χ1) is 9.74. The maximum absolute atomic E-state index is 5.94. The van der Waals surface area contributed by atoms with Gasteiger partial charge in [0, 0.05) is 32.8 Å². The van der Waals surface area contributed by atoms with E-state index in [4.69, 9.17) is 19.6 Å². The van der Waals surface area contributed by atoms with E-state index in [-0.39, 0.29) is 6.04 Å². The van der Waals surface area contributed by atoms with Gasteiger partial charge in [-0.1, -0.05) is 0 Å². The molecule has 0 amide bonds. The minimum absolute atomic E-state index is 0.0280. The molecule has 5 nitrogen and oxygen atoms in total. The number of nitrogens with two attached hydrogens (primary N) is 1. The molecule has 0 aliphatic carbocycles. The number of halogens is 1. The van der Waals surface area contributed by atoms with Crippen molar-refractivity contribution in [2.45, 2.75) is 19.9 Å². The lowest BCUT2D eigenvalue weighted by Crippen LogP contribution is -2.38. The third kappa shape index (κ3) is 5.54. The lowest BCUT2D eigenvalue weighted by atomic mass is 10.2. The van der Waals surface area contributed by atoms with Gasteiger partial charge in [0.25, 0.3) is 0 Å². The average Bonchev–Trinajstić information content (AvgIpc) is 2.86. The Morgan fingerprint density at radius 3 is 2.25 bits per heavy atom. The Hall–Kier alpha value is -0.400. The first-order valence-corrected chi connectivity index (χ1v) is 7.86. The topological polar surface area (TPSA) is 60.9 Å². The molecule has 116 valence electrons. The maximum Gasteiger partial charge on any atom is 0.136 e. The van der Waals surface area contributed by atoms with Crippen molar-refractivity contribution >= 4 is 15.9 Å². The summed E-state index contributed by atoms with van der Waals surface area (Å²) in [6.07, 6.45) is 1.67. The van der Waals surface area contributed by atoms with Crippen molar-refractivity contribution in [3.63, 3.8) is 0 Å². The molecule has 0 saturated carbocycles. The van der Waals surface area contributed by atoms with Gasteiger partial charge >= 0.3 is 0 Å². The molecule has 1 atom stereocenters. The summed E-state index contributed by atoms with van der Waals surface area (Å²) in [6.45, 7) is 8.88. The van der Waals surface area contributed by atoms with E-state index in [9.17, 15) is 0 Å². The number of hydrogen-bond acceptors (Lipinski definition) is 5. The van der Waals surface area contributed by atoms with Gasteiger partial charge in [-0.25, -0.2) is 0 Å². The highest BCUT2D eigenvalue weighted by Gasteiger charge is 2.23. The molecule has 20 heavy (non-hydrogen) atoms. The maximum atomic E-state index is 5.94. The Bertz CT molecular complexity index is 350. The molecule has 0 aromatic carbocycles. The normalized spacial score (nSPS) is 13.1. The first-order valence-electron chi connectivity index (χ1n) is 7.07. The quantitative estimate of drug-likeness (QED) is 0.622. The fraction of sp³-hybridized carbons (Fsp3) is 0.714. The van der Waals surface area contributed by atoms with Crippen LogP contribution in [0.5, 0.6) is 0 Å². The zero-order valence-electron chi connectivity index (χ0n) is 12.3. The zero-order chi connectivity index (χ0) is 14.8. The Morgan fingerprint density at radius 2 is 1.85 bits per heavy atom. The molecule has 0 saturated heterocycles.